The Kier molecular flexibility index (Phi) is 5.39. The van der Waals surface area contributed by atoms with Crippen molar-refractivity contribution >= 4 is 27.3 Å². The van der Waals surface area contributed by atoms with Crippen LogP contribution in [0.5, 0.6) is 5.75 Å². The minimum atomic E-state index is -3.71. The van der Waals surface area contributed by atoms with Gasteiger partial charge in [-0.3, -0.25) is 4.79 Å². The van der Waals surface area contributed by atoms with Crippen LogP contribution in [0.25, 0.3) is 5.65 Å². The normalized spacial score (nSPS) is 11.9. The van der Waals surface area contributed by atoms with Gasteiger partial charge in [-0.2, -0.15) is 4.31 Å². The van der Waals surface area contributed by atoms with E-state index in [1.807, 2.05) is 19.1 Å². The number of nitrogens with zero attached hydrogens (tertiary/aromatic N) is 3. The van der Waals surface area contributed by atoms with Crippen LogP contribution >= 0.6 is 0 Å². The fraction of sp³-hybridized carbons (Fsp3) is 0.263. The van der Waals surface area contributed by atoms with E-state index in [0.29, 0.717) is 18.7 Å². The van der Waals surface area contributed by atoms with Crippen LogP contribution in [-0.2, 0) is 10.0 Å². The Bertz CT molecular complexity index is 1130. The second-order valence-corrected chi connectivity index (χ2v) is 8.26. The van der Waals surface area contributed by atoms with Gasteiger partial charge in [-0.1, -0.05) is 13.8 Å². The number of hydrogen-bond acceptors (Lipinski definition) is 5. The van der Waals surface area contributed by atoms with Gasteiger partial charge in [0, 0.05) is 25.5 Å². The zero-order valence-corrected chi connectivity index (χ0v) is 16.7. The Morgan fingerprint density at radius 3 is 2.61 bits per heavy atom. The molecule has 8 nitrogen and oxygen atoms in total. The molecule has 0 radical (unpaired) electrons. The summed E-state index contributed by atoms with van der Waals surface area (Å²) >= 11 is 0. The quantitative estimate of drug-likeness (QED) is 0.617. The summed E-state index contributed by atoms with van der Waals surface area (Å²) < 4.78 is 28.4. The van der Waals surface area contributed by atoms with Crippen molar-refractivity contribution in [2.75, 3.05) is 18.4 Å². The number of anilines is 1. The highest BCUT2D eigenvalue weighted by Crippen LogP contribution is 2.28. The third-order valence-electron chi connectivity index (χ3n) is 4.41. The first-order chi connectivity index (χ1) is 13.3. The number of hydrogen-bond donors (Lipinski definition) is 2. The number of rotatable bonds is 6. The smallest absolute Gasteiger partial charge is 0.275 e. The molecule has 3 aromatic rings. The predicted molar refractivity (Wildman–Crippen MR) is 106 cm³/mol. The van der Waals surface area contributed by atoms with Crippen molar-refractivity contribution in [3.8, 4) is 5.75 Å². The largest absolute Gasteiger partial charge is 0.506 e. The summed E-state index contributed by atoms with van der Waals surface area (Å²) in [4.78, 5) is 16.8. The number of pyridine rings is 1. The zero-order chi connectivity index (χ0) is 20.5. The van der Waals surface area contributed by atoms with Gasteiger partial charge in [0.05, 0.1) is 10.6 Å². The second-order valence-electron chi connectivity index (χ2n) is 6.32. The molecule has 0 spiro atoms. The molecule has 3 rings (SSSR count). The van der Waals surface area contributed by atoms with Gasteiger partial charge in [-0.05, 0) is 42.8 Å². The maximum Gasteiger partial charge on any atom is 0.275 e. The van der Waals surface area contributed by atoms with Crippen molar-refractivity contribution in [1.29, 1.82) is 0 Å². The first kappa shape index (κ1) is 19.8. The van der Waals surface area contributed by atoms with Gasteiger partial charge >= 0.3 is 0 Å². The maximum atomic E-state index is 12.7. The van der Waals surface area contributed by atoms with Crippen LogP contribution in [-0.4, -0.2) is 46.2 Å². The molecule has 2 heterocycles. The first-order valence-corrected chi connectivity index (χ1v) is 10.3. The molecule has 2 aromatic heterocycles. The molecule has 0 saturated carbocycles. The molecule has 1 amide bonds. The number of benzene rings is 1. The third-order valence-corrected chi connectivity index (χ3v) is 6.45. The molecule has 0 aliphatic heterocycles. The van der Waals surface area contributed by atoms with Gasteiger partial charge < -0.3 is 14.8 Å². The molecule has 0 saturated heterocycles. The van der Waals surface area contributed by atoms with Crippen molar-refractivity contribution in [2.45, 2.75) is 25.7 Å². The van der Waals surface area contributed by atoms with Gasteiger partial charge in [-0.25, -0.2) is 13.4 Å². The molecule has 9 heteroatoms. The number of amides is 1. The number of nitrogens with one attached hydrogen (secondary N) is 1. The predicted octanol–water partition coefficient (Wildman–Crippen LogP) is 2.63. The lowest BCUT2D eigenvalue weighted by Gasteiger charge is -2.19. The minimum Gasteiger partial charge on any atom is -0.506 e. The Balaban J connectivity index is 1.92. The fourth-order valence-electron chi connectivity index (χ4n) is 2.87. The minimum absolute atomic E-state index is 0.00470. The van der Waals surface area contributed by atoms with Crippen molar-refractivity contribution in [3.05, 3.63) is 54.0 Å². The molecular formula is C19H22N4O4S. The highest BCUT2D eigenvalue weighted by Gasteiger charge is 2.23. The molecule has 148 valence electrons. The Labute approximate surface area is 163 Å². The van der Waals surface area contributed by atoms with E-state index in [0.717, 1.165) is 5.56 Å². The fourth-order valence-corrected chi connectivity index (χ4v) is 4.35. The van der Waals surface area contributed by atoms with E-state index in [9.17, 15) is 18.3 Å². The number of phenols is 1. The van der Waals surface area contributed by atoms with Gasteiger partial charge in [-0.15, -0.1) is 0 Å². The Hall–Kier alpha value is -2.91. The summed E-state index contributed by atoms with van der Waals surface area (Å²) in [6, 6.07) is 7.54. The van der Waals surface area contributed by atoms with Crippen LogP contribution in [0.3, 0.4) is 0 Å². The Morgan fingerprint density at radius 2 is 1.93 bits per heavy atom. The monoisotopic (exact) mass is 402 g/mol. The van der Waals surface area contributed by atoms with Crippen molar-refractivity contribution in [1.82, 2.24) is 13.7 Å². The number of aryl methyl sites for hydroxylation is 1. The number of sulfonamides is 1. The molecule has 0 aliphatic rings. The van der Waals surface area contributed by atoms with Crippen LogP contribution in [0.1, 0.15) is 29.9 Å². The van der Waals surface area contributed by atoms with Crippen molar-refractivity contribution in [3.63, 3.8) is 0 Å². The van der Waals surface area contributed by atoms with E-state index in [-0.39, 0.29) is 22.0 Å². The topological polar surface area (TPSA) is 104 Å². The van der Waals surface area contributed by atoms with Gasteiger partial charge in [0.2, 0.25) is 10.0 Å². The first-order valence-electron chi connectivity index (χ1n) is 8.86. The number of fused-ring (bicyclic) bond motifs is 1. The lowest BCUT2D eigenvalue weighted by atomic mass is 10.3. The van der Waals surface area contributed by atoms with E-state index in [1.165, 1.54) is 22.5 Å². The lowest BCUT2D eigenvalue weighted by Crippen LogP contribution is -2.30. The molecular weight excluding hydrogens is 380 g/mol. The number of aromatic nitrogens is 2. The standard InChI is InChI=1S/C19H22N4O4S/c1-4-23(5-2)28(26,27)14-6-7-17(24)15(11-14)21-19(25)16-12-22-9-8-13(3)10-18(22)20-16/h6-12,24H,4-5H2,1-3H3,(H,21,25). The molecule has 2 N–H and O–H groups in total. The van der Waals surface area contributed by atoms with Gasteiger partial charge in [0.25, 0.3) is 5.91 Å². The molecule has 28 heavy (non-hydrogen) atoms. The van der Waals surface area contributed by atoms with Crippen LogP contribution in [0.2, 0.25) is 0 Å². The summed E-state index contributed by atoms with van der Waals surface area (Å²) in [5.74, 6) is -0.777. The van der Waals surface area contributed by atoms with Crippen molar-refractivity contribution in [2.24, 2.45) is 0 Å². The number of carbonyl (C=O) groups excluding carboxylic acids is 1. The molecule has 0 unspecified atom stereocenters. The number of phenolic OH excluding ortho intramolecular Hbond substituents is 1. The van der Waals surface area contributed by atoms with Gasteiger partial charge in [0.1, 0.15) is 17.1 Å². The van der Waals surface area contributed by atoms with Crippen LogP contribution < -0.4 is 5.32 Å². The summed E-state index contributed by atoms with van der Waals surface area (Å²) in [6.45, 7) is 6.06. The number of imidazole rings is 1. The maximum absolute atomic E-state index is 12.7. The molecule has 0 atom stereocenters. The van der Waals surface area contributed by atoms with E-state index in [1.54, 1.807) is 30.6 Å². The average molecular weight is 402 g/mol. The molecule has 1 aromatic carbocycles. The average Bonchev–Trinajstić information content (AvgIpc) is 3.07. The molecule has 0 fully saturated rings. The summed E-state index contributed by atoms with van der Waals surface area (Å²) in [5, 5.41) is 12.6. The number of aromatic hydroxyl groups is 1. The van der Waals surface area contributed by atoms with Crippen LogP contribution in [0.15, 0.2) is 47.6 Å². The molecule has 0 bridgehead atoms. The van der Waals surface area contributed by atoms with Crippen LogP contribution in [0, 0.1) is 6.92 Å². The van der Waals surface area contributed by atoms with Gasteiger partial charge in [0.15, 0.2) is 0 Å². The van der Waals surface area contributed by atoms with Crippen molar-refractivity contribution < 1.29 is 18.3 Å². The van der Waals surface area contributed by atoms with E-state index >= 15 is 0 Å². The van der Waals surface area contributed by atoms with E-state index in [2.05, 4.69) is 10.3 Å². The number of carbonyl (C=O) groups is 1. The van der Waals surface area contributed by atoms with Crippen LogP contribution in [0.4, 0.5) is 5.69 Å². The summed E-state index contributed by atoms with van der Waals surface area (Å²) in [7, 11) is -3.71. The summed E-state index contributed by atoms with van der Waals surface area (Å²) in [6.07, 6.45) is 3.36. The summed E-state index contributed by atoms with van der Waals surface area (Å²) in [5.41, 5.74) is 1.79. The second kappa shape index (κ2) is 7.61. The zero-order valence-electron chi connectivity index (χ0n) is 15.9. The Morgan fingerprint density at radius 1 is 1.21 bits per heavy atom. The highest BCUT2D eigenvalue weighted by molar-refractivity contribution is 7.89. The van der Waals surface area contributed by atoms with E-state index in [4.69, 9.17) is 0 Å². The third kappa shape index (κ3) is 3.71. The lowest BCUT2D eigenvalue weighted by molar-refractivity contribution is 0.102. The highest BCUT2D eigenvalue weighted by atomic mass is 32.2. The molecule has 0 aliphatic carbocycles. The van der Waals surface area contributed by atoms with E-state index < -0.39 is 15.9 Å². The SMILES string of the molecule is CCN(CC)S(=O)(=O)c1ccc(O)c(NC(=O)c2cn3ccc(C)cc3n2)c1.